The van der Waals surface area contributed by atoms with Crippen molar-refractivity contribution >= 4 is 0 Å². The highest BCUT2D eigenvalue weighted by Gasteiger charge is 2.20. The average molecular weight is 283 g/mol. The van der Waals surface area contributed by atoms with Crippen LogP contribution in [-0.4, -0.2) is 12.6 Å². The second kappa shape index (κ2) is 6.64. The molecule has 1 fully saturated rings. The summed E-state index contributed by atoms with van der Waals surface area (Å²) in [6.07, 6.45) is 2.58. The van der Waals surface area contributed by atoms with Crippen LogP contribution in [0.15, 0.2) is 48.5 Å². The largest absolute Gasteiger partial charge is 0.494 e. The fourth-order valence-corrected chi connectivity index (χ4v) is 2.21. The van der Waals surface area contributed by atoms with Crippen molar-refractivity contribution in [1.29, 1.82) is 0 Å². The zero-order valence-electron chi connectivity index (χ0n) is 12.3. The van der Waals surface area contributed by atoms with Crippen molar-refractivity contribution in [3.63, 3.8) is 0 Å². The van der Waals surface area contributed by atoms with Crippen molar-refractivity contribution in [2.24, 2.45) is 0 Å². The van der Waals surface area contributed by atoms with Gasteiger partial charge in [0.05, 0.1) is 6.61 Å². The zero-order chi connectivity index (χ0) is 14.5. The molecule has 21 heavy (non-hydrogen) atoms. The van der Waals surface area contributed by atoms with Crippen molar-refractivity contribution < 1.29 is 9.47 Å². The summed E-state index contributed by atoms with van der Waals surface area (Å²) in [5.41, 5.74) is 1.19. The molecule has 0 unspecified atom stereocenters. The standard InChI is InChI=1S/C18H21NO2/c1-2-20-16-7-5-8-17(12-16)21-18-9-4-3-6-14(18)13-19-15-10-11-15/h3-9,12,15,19H,2,10-11,13H2,1H3. The lowest BCUT2D eigenvalue weighted by molar-refractivity contribution is 0.338. The highest BCUT2D eigenvalue weighted by Crippen LogP contribution is 2.28. The molecule has 0 aliphatic heterocycles. The number of benzene rings is 2. The molecular formula is C18H21NO2. The van der Waals surface area contributed by atoms with Crippen LogP contribution in [0, 0.1) is 0 Å². The molecule has 2 aromatic carbocycles. The first-order valence-electron chi connectivity index (χ1n) is 7.57. The number of hydrogen-bond acceptors (Lipinski definition) is 3. The normalized spacial score (nSPS) is 14.0. The molecule has 0 spiro atoms. The monoisotopic (exact) mass is 283 g/mol. The van der Waals surface area contributed by atoms with E-state index in [-0.39, 0.29) is 0 Å². The number of ether oxygens (including phenoxy) is 2. The first kappa shape index (κ1) is 14.0. The Balaban J connectivity index is 1.72. The van der Waals surface area contributed by atoms with Gasteiger partial charge in [0.15, 0.2) is 0 Å². The van der Waals surface area contributed by atoms with E-state index in [4.69, 9.17) is 9.47 Å². The molecule has 0 bridgehead atoms. The summed E-state index contributed by atoms with van der Waals surface area (Å²) in [7, 11) is 0. The maximum Gasteiger partial charge on any atom is 0.131 e. The van der Waals surface area contributed by atoms with Gasteiger partial charge in [-0.3, -0.25) is 0 Å². The predicted molar refractivity (Wildman–Crippen MR) is 84.0 cm³/mol. The molecule has 0 aromatic heterocycles. The topological polar surface area (TPSA) is 30.5 Å². The Morgan fingerprint density at radius 3 is 2.67 bits per heavy atom. The fraction of sp³-hybridized carbons (Fsp3) is 0.333. The Morgan fingerprint density at radius 1 is 1.05 bits per heavy atom. The minimum Gasteiger partial charge on any atom is -0.494 e. The summed E-state index contributed by atoms with van der Waals surface area (Å²) < 4.78 is 11.5. The lowest BCUT2D eigenvalue weighted by Gasteiger charge is -2.12. The fourth-order valence-electron chi connectivity index (χ4n) is 2.21. The van der Waals surface area contributed by atoms with Crippen molar-refractivity contribution in [1.82, 2.24) is 5.32 Å². The Kier molecular flexibility index (Phi) is 4.41. The van der Waals surface area contributed by atoms with Crippen LogP contribution in [0.2, 0.25) is 0 Å². The molecule has 1 saturated carbocycles. The summed E-state index contributed by atoms with van der Waals surface area (Å²) >= 11 is 0. The lowest BCUT2D eigenvalue weighted by Crippen LogP contribution is -2.15. The average Bonchev–Trinajstić information content (AvgIpc) is 3.31. The van der Waals surface area contributed by atoms with Crippen LogP contribution >= 0.6 is 0 Å². The maximum atomic E-state index is 6.03. The molecule has 2 aromatic rings. The summed E-state index contributed by atoms with van der Waals surface area (Å²) in [6, 6.07) is 16.6. The third-order valence-electron chi connectivity index (χ3n) is 3.48. The number of rotatable bonds is 7. The van der Waals surface area contributed by atoms with Crippen LogP contribution in [0.4, 0.5) is 0 Å². The Bertz CT molecular complexity index is 593. The third-order valence-corrected chi connectivity index (χ3v) is 3.48. The van der Waals surface area contributed by atoms with E-state index in [1.807, 2.05) is 49.4 Å². The van der Waals surface area contributed by atoms with Gasteiger partial charge < -0.3 is 14.8 Å². The van der Waals surface area contributed by atoms with Gasteiger partial charge in [0.2, 0.25) is 0 Å². The van der Waals surface area contributed by atoms with E-state index in [2.05, 4.69) is 11.4 Å². The Hall–Kier alpha value is -2.00. The molecular weight excluding hydrogens is 262 g/mol. The van der Waals surface area contributed by atoms with E-state index >= 15 is 0 Å². The molecule has 0 saturated heterocycles. The van der Waals surface area contributed by atoms with E-state index in [1.54, 1.807) is 0 Å². The quantitative estimate of drug-likeness (QED) is 0.828. The summed E-state index contributed by atoms with van der Waals surface area (Å²) in [6.45, 7) is 3.49. The van der Waals surface area contributed by atoms with Gasteiger partial charge in [-0.2, -0.15) is 0 Å². The highest BCUT2D eigenvalue weighted by atomic mass is 16.5. The predicted octanol–water partition coefficient (Wildman–Crippen LogP) is 4.13. The Labute approximate surface area is 125 Å². The highest BCUT2D eigenvalue weighted by molar-refractivity contribution is 5.40. The smallest absolute Gasteiger partial charge is 0.131 e. The van der Waals surface area contributed by atoms with Gasteiger partial charge in [-0.05, 0) is 38.0 Å². The number of hydrogen-bond donors (Lipinski definition) is 1. The van der Waals surface area contributed by atoms with Crippen LogP contribution in [0.25, 0.3) is 0 Å². The number of para-hydroxylation sites is 1. The summed E-state index contributed by atoms with van der Waals surface area (Å²) in [5, 5.41) is 3.53. The van der Waals surface area contributed by atoms with Crippen molar-refractivity contribution in [2.45, 2.75) is 32.4 Å². The third kappa shape index (κ3) is 3.99. The zero-order valence-corrected chi connectivity index (χ0v) is 12.3. The van der Waals surface area contributed by atoms with E-state index in [1.165, 1.54) is 18.4 Å². The van der Waals surface area contributed by atoms with Gasteiger partial charge in [0.25, 0.3) is 0 Å². The van der Waals surface area contributed by atoms with Crippen LogP contribution < -0.4 is 14.8 Å². The van der Waals surface area contributed by atoms with Gasteiger partial charge in [0, 0.05) is 24.2 Å². The van der Waals surface area contributed by atoms with E-state index < -0.39 is 0 Å². The maximum absolute atomic E-state index is 6.03. The lowest BCUT2D eigenvalue weighted by atomic mass is 10.2. The molecule has 1 aliphatic carbocycles. The van der Waals surface area contributed by atoms with E-state index in [9.17, 15) is 0 Å². The molecule has 0 heterocycles. The molecule has 0 radical (unpaired) electrons. The van der Waals surface area contributed by atoms with E-state index in [0.29, 0.717) is 12.6 Å². The summed E-state index contributed by atoms with van der Waals surface area (Å²) in [4.78, 5) is 0. The SMILES string of the molecule is CCOc1cccc(Oc2ccccc2CNC2CC2)c1. The van der Waals surface area contributed by atoms with Gasteiger partial charge in [-0.25, -0.2) is 0 Å². The minimum absolute atomic E-state index is 0.658. The molecule has 0 amide bonds. The molecule has 3 nitrogen and oxygen atoms in total. The first-order valence-corrected chi connectivity index (χ1v) is 7.57. The molecule has 0 atom stereocenters. The molecule has 1 aliphatic rings. The van der Waals surface area contributed by atoms with Gasteiger partial charge in [-0.1, -0.05) is 24.3 Å². The van der Waals surface area contributed by atoms with Crippen molar-refractivity contribution in [3.05, 3.63) is 54.1 Å². The molecule has 3 heteroatoms. The van der Waals surface area contributed by atoms with Gasteiger partial charge in [0.1, 0.15) is 17.2 Å². The first-order chi connectivity index (χ1) is 10.3. The molecule has 110 valence electrons. The molecule has 1 N–H and O–H groups in total. The minimum atomic E-state index is 0.658. The van der Waals surface area contributed by atoms with Crippen LogP contribution in [0.1, 0.15) is 25.3 Å². The summed E-state index contributed by atoms with van der Waals surface area (Å²) in [5.74, 6) is 2.54. The molecule has 3 rings (SSSR count). The Morgan fingerprint density at radius 2 is 1.86 bits per heavy atom. The van der Waals surface area contributed by atoms with Crippen LogP contribution in [0.3, 0.4) is 0 Å². The van der Waals surface area contributed by atoms with Gasteiger partial charge >= 0.3 is 0 Å². The second-order valence-corrected chi connectivity index (χ2v) is 5.27. The number of nitrogens with one attached hydrogen (secondary N) is 1. The van der Waals surface area contributed by atoms with Crippen molar-refractivity contribution in [2.75, 3.05) is 6.61 Å². The van der Waals surface area contributed by atoms with Crippen LogP contribution in [0.5, 0.6) is 17.2 Å². The second-order valence-electron chi connectivity index (χ2n) is 5.27. The van der Waals surface area contributed by atoms with E-state index in [0.717, 1.165) is 23.8 Å². The van der Waals surface area contributed by atoms with Gasteiger partial charge in [-0.15, -0.1) is 0 Å². The van der Waals surface area contributed by atoms with Crippen LogP contribution in [-0.2, 0) is 6.54 Å². The van der Waals surface area contributed by atoms with Crippen molar-refractivity contribution in [3.8, 4) is 17.2 Å².